The molecule has 3 amide bonds. The van der Waals surface area contributed by atoms with Gasteiger partial charge in [-0.1, -0.05) is 24.3 Å². The number of amides is 3. The lowest BCUT2D eigenvalue weighted by Gasteiger charge is -2.14. The molecule has 30 heavy (non-hydrogen) atoms. The van der Waals surface area contributed by atoms with Gasteiger partial charge in [0, 0.05) is 6.42 Å². The molecule has 158 valence electrons. The summed E-state index contributed by atoms with van der Waals surface area (Å²) >= 11 is 0. The van der Waals surface area contributed by atoms with E-state index >= 15 is 0 Å². The Hall–Kier alpha value is -3.55. The molecule has 2 aromatic rings. The maximum atomic E-state index is 12.7. The maximum absolute atomic E-state index is 12.7. The van der Waals surface area contributed by atoms with Gasteiger partial charge in [-0.3, -0.25) is 14.5 Å². The van der Waals surface area contributed by atoms with Crippen molar-refractivity contribution in [3.05, 3.63) is 59.7 Å². The Kier molecular flexibility index (Phi) is 6.90. The topological polar surface area (TPSA) is 94.2 Å². The molecule has 1 heterocycles. The standard InChI is InChI=1S/C22H24N2O6/c1-28-17-11-7-16(8-12-17)20-21(26)24(22(27)23-20)14-15-5-9-18(10-6-15)30-13-3-4-19(25)29-2/h5-12,20H,3-4,13-14H2,1-2H3,(H,23,27). The molecule has 1 N–H and O–H groups in total. The first kappa shape index (κ1) is 21.2. The first-order valence-electron chi connectivity index (χ1n) is 9.56. The SMILES string of the molecule is COC(=O)CCCOc1ccc(CN2C(=O)NC(c3ccc(OC)cc3)C2=O)cc1. The molecule has 1 saturated heterocycles. The van der Waals surface area contributed by atoms with Crippen molar-refractivity contribution < 1.29 is 28.6 Å². The molecule has 0 saturated carbocycles. The molecule has 8 heteroatoms. The average Bonchev–Trinajstić information content (AvgIpc) is 3.06. The minimum Gasteiger partial charge on any atom is -0.497 e. The molecule has 8 nitrogen and oxygen atoms in total. The van der Waals surface area contributed by atoms with Crippen LogP contribution in [-0.4, -0.2) is 43.6 Å². The smallest absolute Gasteiger partial charge is 0.325 e. The number of urea groups is 1. The van der Waals surface area contributed by atoms with Crippen molar-refractivity contribution in [2.75, 3.05) is 20.8 Å². The summed E-state index contributed by atoms with van der Waals surface area (Å²) in [5, 5.41) is 2.72. The highest BCUT2D eigenvalue weighted by molar-refractivity contribution is 6.04. The summed E-state index contributed by atoms with van der Waals surface area (Å²) in [6, 6.07) is 13.0. The third-order valence-corrected chi connectivity index (χ3v) is 4.76. The van der Waals surface area contributed by atoms with Crippen LogP contribution in [-0.2, 0) is 20.9 Å². The van der Waals surface area contributed by atoms with E-state index in [4.69, 9.17) is 9.47 Å². The summed E-state index contributed by atoms with van der Waals surface area (Å²) in [5.41, 5.74) is 1.50. The number of rotatable bonds is 9. The Balaban J connectivity index is 1.55. The van der Waals surface area contributed by atoms with E-state index in [9.17, 15) is 14.4 Å². The van der Waals surface area contributed by atoms with Gasteiger partial charge in [-0.2, -0.15) is 0 Å². The number of carbonyl (C=O) groups excluding carboxylic acids is 3. The molecule has 0 radical (unpaired) electrons. The fourth-order valence-corrected chi connectivity index (χ4v) is 3.07. The molecule has 1 unspecified atom stereocenters. The zero-order valence-corrected chi connectivity index (χ0v) is 16.9. The van der Waals surface area contributed by atoms with Gasteiger partial charge in [0.05, 0.1) is 27.4 Å². The van der Waals surface area contributed by atoms with E-state index in [0.29, 0.717) is 36.5 Å². The normalized spacial score (nSPS) is 15.7. The van der Waals surface area contributed by atoms with Crippen LogP contribution in [0.5, 0.6) is 11.5 Å². The minimum absolute atomic E-state index is 0.167. The summed E-state index contributed by atoms with van der Waals surface area (Å²) in [5.74, 6) is 0.765. The molecule has 0 aliphatic carbocycles. The monoisotopic (exact) mass is 412 g/mol. The summed E-state index contributed by atoms with van der Waals surface area (Å²) in [6.07, 6.45) is 0.861. The summed E-state index contributed by atoms with van der Waals surface area (Å²) in [4.78, 5) is 37.3. The van der Waals surface area contributed by atoms with Crippen LogP contribution < -0.4 is 14.8 Å². The van der Waals surface area contributed by atoms with Crippen molar-refractivity contribution in [3.63, 3.8) is 0 Å². The zero-order valence-electron chi connectivity index (χ0n) is 16.9. The molecule has 0 spiro atoms. The number of methoxy groups -OCH3 is 2. The van der Waals surface area contributed by atoms with Gasteiger partial charge in [-0.05, 0) is 41.8 Å². The molecule has 3 rings (SSSR count). The molecular formula is C22H24N2O6. The van der Waals surface area contributed by atoms with Gasteiger partial charge in [0.1, 0.15) is 17.5 Å². The zero-order chi connectivity index (χ0) is 21.5. The number of imide groups is 1. The molecule has 2 aromatic carbocycles. The highest BCUT2D eigenvalue weighted by atomic mass is 16.5. The van der Waals surface area contributed by atoms with Gasteiger partial charge in [-0.15, -0.1) is 0 Å². The summed E-state index contributed by atoms with van der Waals surface area (Å²) in [7, 11) is 2.92. The molecule has 0 aromatic heterocycles. The van der Waals surface area contributed by atoms with E-state index in [-0.39, 0.29) is 18.4 Å². The lowest BCUT2D eigenvalue weighted by atomic mass is 10.1. The van der Waals surface area contributed by atoms with Gasteiger partial charge in [0.15, 0.2) is 0 Å². The second-order valence-electron chi connectivity index (χ2n) is 6.75. The van der Waals surface area contributed by atoms with Crippen LogP contribution >= 0.6 is 0 Å². The number of esters is 1. The van der Waals surface area contributed by atoms with Crippen LogP contribution in [0.4, 0.5) is 4.79 Å². The van der Waals surface area contributed by atoms with Crippen LogP contribution in [0.25, 0.3) is 0 Å². The Morgan fingerprint density at radius 1 is 1.00 bits per heavy atom. The minimum atomic E-state index is -0.708. The number of hydrogen-bond donors (Lipinski definition) is 1. The van der Waals surface area contributed by atoms with Crippen LogP contribution in [0, 0.1) is 0 Å². The van der Waals surface area contributed by atoms with Crippen molar-refractivity contribution in [1.29, 1.82) is 0 Å². The van der Waals surface area contributed by atoms with Crippen LogP contribution in [0.15, 0.2) is 48.5 Å². The van der Waals surface area contributed by atoms with Crippen LogP contribution in [0.3, 0.4) is 0 Å². The number of nitrogens with one attached hydrogen (secondary N) is 1. The van der Waals surface area contributed by atoms with E-state index in [0.717, 1.165) is 5.56 Å². The van der Waals surface area contributed by atoms with Crippen molar-refractivity contribution in [1.82, 2.24) is 10.2 Å². The summed E-state index contributed by atoms with van der Waals surface area (Å²) < 4.78 is 15.3. The Morgan fingerprint density at radius 2 is 1.67 bits per heavy atom. The molecule has 0 bridgehead atoms. The molecule has 1 fully saturated rings. The molecule has 1 aliphatic heterocycles. The second-order valence-corrected chi connectivity index (χ2v) is 6.75. The second kappa shape index (κ2) is 9.78. The van der Waals surface area contributed by atoms with Crippen molar-refractivity contribution in [2.45, 2.75) is 25.4 Å². The lowest BCUT2D eigenvalue weighted by Crippen LogP contribution is -2.30. The van der Waals surface area contributed by atoms with Gasteiger partial charge in [0.2, 0.25) is 0 Å². The van der Waals surface area contributed by atoms with E-state index in [2.05, 4.69) is 10.1 Å². The molecule has 1 aliphatic rings. The number of benzene rings is 2. The maximum Gasteiger partial charge on any atom is 0.325 e. The highest BCUT2D eigenvalue weighted by Gasteiger charge is 2.38. The third-order valence-electron chi connectivity index (χ3n) is 4.76. The van der Waals surface area contributed by atoms with E-state index in [1.807, 2.05) is 0 Å². The van der Waals surface area contributed by atoms with E-state index in [1.165, 1.54) is 12.0 Å². The Bertz CT molecular complexity index is 895. The predicted octanol–water partition coefficient (Wildman–Crippen LogP) is 2.82. The lowest BCUT2D eigenvalue weighted by molar-refractivity contribution is -0.140. The first-order valence-corrected chi connectivity index (χ1v) is 9.56. The number of hydrogen-bond acceptors (Lipinski definition) is 6. The highest BCUT2D eigenvalue weighted by Crippen LogP contribution is 2.25. The first-order chi connectivity index (χ1) is 14.5. The van der Waals surface area contributed by atoms with Crippen LogP contribution in [0.2, 0.25) is 0 Å². The predicted molar refractivity (Wildman–Crippen MR) is 108 cm³/mol. The summed E-state index contributed by atoms with van der Waals surface area (Å²) in [6.45, 7) is 0.560. The van der Waals surface area contributed by atoms with Crippen LogP contribution in [0.1, 0.15) is 30.0 Å². The average molecular weight is 412 g/mol. The number of carbonyl (C=O) groups is 3. The fourth-order valence-electron chi connectivity index (χ4n) is 3.07. The molecule has 1 atom stereocenters. The van der Waals surface area contributed by atoms with Gasteiger partial charge in [0.25, 0.3) is 5.91 Å². The van der Waals surface area contributed by atoms with Gasteiger partial charge in [-0.25, -0.2) is 4.79 Å². The largest absolute Gasteiger partial charge is 0.497 e. The Labute approximate surface area is 174 Å². The van der Waals surface area contributed by atoms with Gasteiger partial charge < -0.3 is 19.5 Å². The number of ether oxygens (including phenoxy) is 3. The van der Waals surface area contributed by atoms with Crippen molar-refractivity contribution in [2.24, 2.45) is 0 Å². The molecular weight excluding hydrogens is 388 g/mol. The third kappa shape index (κ3) is 5.08. The van der Waals surface area contributed by atoms with Gasteiger partial charge >= 0.3 is 12.0 Å². The van der Waals surface area contributed by atoms with Crippen molar-refractivity contribution in [3.8, 4) is 11.5 Å². The van der Waals surface area contributed by atoms with Crippen molar-refractivity contribution >= 4 is 17.9 Å². The Morgan fingerprint density at radius 3 is 2.30 bits per heavy atom. The quantitative estimate of drug-likeness (QED) is 0.387. The number of nitrogens with zero attached hydrogens (tertiary/aromatic N) is 1. The van der Waals surface area contributed by atoms with E-state index < -0.39 is 12.1 Å². The van der Waals surface area contributed by atoms with E-state index in [1.54, 1.807) is 55.6 Å². The fraction of sp³-hybridized carbons (Fsp3) is 0.318.